The molecule has 0 aliphatic rings. The summed E-state index contributed by atoms with van der Waals surface area (Å²) in [6, 6.07) is 7.14. The van der Waals surface area contributed by atoms with E-state index in [2.05, 4.69) is 18.0 Å². The van der Waals surface area contributed by atoms with Gasteiger partial charge in [0.25, 0.3) is 10.1 Å². The fraction of sp³-hybridized carbons (Fsp3) is 0.647. The lowest BCUT2D eigenvalue weighted by Gasteiger charge is -2.15. The molecule has 0 saturated carbocycles. The fourth-order valence-corrected chi connectivity index (χ4v) is 3.27. The molecule has 0 amide bonds. The van der Waals surface area contributed by atoms with Crippen LogP contribution in [-0.4, -0.2) is 15.5 Å². The van der Waals surface area contributed by atoms with E-state index in [1.807, 2.05) is 12.1 Å². The molecule has 4 heteroatoms. The highest BCUT2D eigenvalue weighted by molar-refractivity contribution is 7.86. The lowest BCUT2D eigenvalue weighted by atomic mass is 9.91. The van der Waals surface area contributed by atoms with Crippen molar-refractivity contribution in [1.82, 2.24) is 0 Å². The molecule has 0 aromatic heterocycles. The summed E-state index contributed by atoms with van der Waals surface area (Å²) < 4.78 is 27.7. The van der Waals surface area contributed by atoms with E-state index in [1.165, 1.54) is 51.2 Å². The molecule has 3 nitrogen and oxygen atoms in total. The average Bonchev–Trinajstić information content (AvgIpc) is 2.51. The summed E-state index contributed by atoms with van der Waals surface area (Å²) in [6.45, 7) is 4.42. The molecule has 0 aliphatic carbocycles. The molecule has 0 spiro atoms. The topological polar surface area (TPSA) is 43.4 Å². The maximum Gasteiger partial charge on any atom is 0.296 e. The van der Waals surface area contributed by atoms with Crippen LogP contribution in [0.2, 0.25) is 0 Å². The first-order valence-electron chi connectivity index (χ1n) is 7.95. The Morgan fingerprint density at radius 3 is 2.14 bits per heavy atom. The third-order valence-corrected chi connectivity index (χ3v) is 5.30. The van der Waals surface area contributed by atoms with Gasteiger partial charge in [0.05, 0.1) is 12.0 Å². The number of hydrogen-bond donors (Lipinski definition) is 0. The molecule has 0 saturated heterocycles. The first-order valence-corrected chi connectivity index (χ1v) is 9.36. The number of hydrogen-bond acceptors (Lipinski definition) is 3. The van der Waals surface area contributed by atoms with Gasteiger partial charge in [-0.15, -0.1) is 0 Å². The molecule has 0 heterocycles. The number of rotatable bonds is 10. The summed E-state index contributed by atoms with van der Waals surface area (Å²) in [6.07, 6.45) is 8.71. The van der Waals surface area contributed by atoms with Crippen LogP contribution in [0.15, 0.2) is 29.2 Å². The molecule has 120 valence electrons. The van der Waals surface area contributed by atoms with Gasteiger partial charge in [-0.2, -0.15) is 8.42 Å². The molecule has 1 unspecified atom stereocenters. The summed E-state index contributed by atoms with van der Waals surface area (Å²) in [5.41, 5.74) is 1.23. The highest BCUT2D eigenvalue weighted by Gasteiger charge is 2.14. The molecule has 0 N–H and O–H groups in total. The average molecular weight is 312 g/mol. The smallest absolute Gasteiger partial charge is 0.270 e. The van der Waals surface area contributed by atoms with Gasteiger partial charge in [0.2, 0.25) is 0 Å². The van der Waals surface area contributed by atoms with Gasteiger partial charge in [-0.3, -0.25) is 4.18 Å². The van der Waals surface area contributed by atoms with Gasteiger partial charge < -0.3 is 0 Å². The van der Waals surface area contributed by atoms with Crippen LogP contribution in [-0.2, 0) is 14.3 Å². The van der Waals surface area contributed by atoms with E-state index < -0.39 is 10.1 Å². The van der Waals surface area contributed by atoms with Crippen molar-refractivity contribution < 1.29 is 12.6 Å². The fourth-order valence-electron chi connectivity index (χ4n) is 2.60. The van der Waals surface area contributed by atoms with E-state index in [9.17, 15) is 8.42 Å². The van der Waals surface area contributed by atoms with Crippen molar-refractivity contribution in [3.63, 3.8) is 0 Å². The zero-order valence-electron chi connectivity index (χ0n) is 13.5. The Kier molecular flexibility index (Phi) is 7.97. The van der Waals surface area contributed by atoms with E-state index in [0.717, 1.165) is 6.42 Å². The molecule has 21 heavy (non-hydrogen) atoms. The minimum Gasteiger partial charge on any atom is -0.270 e. The van der Waals surface area contributed by atoms with Crippen molar-refractivity contribution in [3.05, 3.63) is 29.8 Å². The highest BCUT2D eigenvalue weighted by atomic mass is 32.2. The quantitative estimate of drug-likeness (QED) is 0.457. The van der Waals surface area contributed by atoms with Crippen molar-refractivity contribution in [2.24, 2.45) is 0 Å². The van der Waals surface area contributed by atoms with Crippen LogP contribution in [0, 0.1) is 0 Å². The molecule has 1 rings (SSSR count). The molecule has 0 aliphatic heterocycles. The van der Waals surface area contributed by atoms with Gasteiger partial charge in [0, 0.05) is 0 Å². The largest absolute Gasteiger partial charge is 0.296 e. The highest BCUT2D eigenvalue weighted by Crippen LogP contribution is 2.27. The maximum absolute atomic E-state index is 11.6. The van der Waals surface area contributed by atoms with E-state index in [4.69, 9.17) is 0 Å². The Morgan fingerprint density at radius 2 is 1.62 bits per heavy atom. The Bertz CT molecular complexity index is 491. The minimum atomic E-state index is -3.57. The van der Waals surface area contributed by atoms with Gasteiger partial charge in [-0.05, 0) is 36.5 Å². The SMILES string of the molecule is CCCCCCCC(CC)c1ccc(S(=O)(=O)OC)cc1. The summed E-state index contributed by atoms with van der Waals surface area (Å²) in [5.74, 6) is 0.519. The molecular formula is C17H28O3S. The van der Waals surface area contributed by atoms with Crippen molar-refractivity contribution in [3.8, 4) is 0 Å². The standard InChI is InChI=1S/C17H28O3S/c1-4-6-7-8-9-10-15(5-2)16-11-13-17(14-12-16)21(18,19)20-3/h11-15H,4-10H2,1-3H3. The van der Waals surface area contributed by atoms with Crippen LogP contribution in [0.1, 0.15) is 70.3 Å². The number of benzene rings is 1. The Balaban J connectivity index is 2.61. The first-order chi connectivity index (χ1) is 10.0. The third kappa shape index (κ3) is 5.79. The molecule has 1 atom stereocenters. The molecule has 0 bridgehead atoms. The summed E-state index contributed by atoms with van der Waals surface area (Å²) in [5, 5.41) is 0. The summed E-state index contributed by atoms with van der Waals surface area (Å²) in [7, 11) is -2.39. The van der Waals surface area contributed by atoms with Crippen molar-refractivity contribution in [1.29, 1.82) is 0 Å². The number of unbranched alkanes of at least 4 members (excludes halogenated alkanes) is 4. The van der Waals surface area contributed by atoms with Crippen LogP contribution in [0.3, 0.4) is 0 Å². The lowest BCUT2D eigenvalue weighted by Crippen LogP contribution is -2.04. The second-order valence-electron chi connectivity index (χ2n) is 5.50. The second-order valence-corrected chi connectivity index (χ2v) is 7.21. The van der Waals surface area contributed by atoms with Crippen LogP contribution in [0.25, 0.3) is 0 Å². The first kappa shape index (κ1) is 18.2. The van der Waals surface area contributed by atoms with Gasteiger partial charge in [-0.25, -0.2) is 0 Å². The molecule has 1 aromatic carbocycles. The minimum absolute atomic E-state index is 0.228. The van der Waals surface area contributed by atoms with E-state index >= 15 is 0 Å². The van der Waals surface area contributed by atoms with Crippen LogP contribution in [0.5, 0.6) is 0 Å². The van der Waals surface area contributed by atoms with Gasteiger partial charge in [-0.1, -0.05) is 58.1 Å². The third-order valence-electron chi connectivity index (χ3n) is 4.01. The van der Waals surface area contributed by atoms with E-state index in [0.29, 0.717) is 5.92 Å². The predicted molar refractivity (Wildman–Crippen MR) is 87.0 cm³/mol. The Morgan fingerprint density at radius 1 is 1.00 bits per heavy atom. The van der Waals surface area contributed by atoms with Gasteiger partial charge >= 0.3 is 0 Å². The Labute approximate surface area is 129 Å². The molecular weight excluding hydrogens is 284 g/mol. The van der Waals surface area contributed by atoms with Gasteiger partial charge in [0.15, 0.2) is 0 Å². The van der Waals surface area contributed by atoms with Crippen molar-refractivity contribution in [2.45, 2.75) is 69.6 Å². The zero-order valence-corrected chi connectivity index (χ0v) is 14.3. The normalized spacial score (nSPS) is 13.3. The van der Waals surface area contributed by atoms with E-state index in [1.54, 1.807) is 12.1 Å². The Hall–Kier alpha value is -0.870. The van der Waals surface area contributed by atoms with Crippen LogP contribution in [0.4, 0.5) is 0 Å². The van der Waals surface area contributed by atoms with Crippen LogP contribution < -0.4 is 0 Å². The summed E-state index contributed by atoms with van der Waals surface area (Å²) in [4.78, 5) is 0.228. The van der Waals surface area contributed by atoms with E-state index in [-0.39, 0.29) is 4.90 Å². The second kappa shape index (κ2) is 9.21. The van der Waals surface area contributed by atoms with Crippen molar-refractivity contribution >= 4 is 10.1 Å². The zero-order chi connectivity index (χ0) is 15.7. The predicted octanol–water partition coefficient (Wildman–Crippen LogP) is 4.88. The molecule has 0 radical (unpaired) electrons. The summed E-state index contributed by atoms with van der Waals surface area (Å²) >= 11 is 0. The lowest BCUT2D eigenvalue weighted by molar-refractivity contribution is 0.397. The molecule has 1 aromatic rings. The molecule has 0 fully saturated rings. The monoisotopic (exact) mass is 312 g/mol. The van der Waals surface area contributed by atoms with Gasteiger partial charge in [0.1, 0.15) is 0 Å². The maximum atomic E-state index is 11.6. The van der Waals surface area contributed by atoms with Crippen molar-refractivity contribution in [2.75, 3.05) is 7.11 Å². The van der Waals surface area contributed by atoms with Crippen LogP contribution >= 0.6 is 0 Å².